The van der Waals surface area contributed by atoms with Crippen molar-refractivity contribution in [3.05, 3.63) is 42.0 Å². The van der Waals surface area contributed by atoms with Gasteiger partial charge in [0.2, 0.25) is 0 Å². The lowest BCUT2D eigenvalue weighted by molar-refractivity contribution is -0.274. The highest BCUT2D eigenvalue weighted by atomic mass is 19.4. The number of nitrogens with one attached hydrogen (secondary N) is 2. The standard InChI is InChI=1S/C21H28F3N3O4.CH3N/c1-3-30-20(29)16(14-26-2)9-5-4-6-11-18(25)27-19(28)13-15-8-7-10-17(12-15)31-21(22,23)24;1-2/h6-8,10-12,16,26H,3-5,9,13-14H2,1-2H3,(H2,25,27,28);2H,1H2/b11-6-;. The van der Waals surface area contributed by atoms with Crippen LogP contribution < -0.4 is 15.8 Å². The van der Waals surface area contributed by atoms with Crippen LogP contribution in [0.25, 0.3) is 0 Å². The number of unbranched alkanes of at least 4 members (excludes halogenated alkanes) is 1. The molecule has 1 amide bonds. The van der Waals surface area contributed by atoms with Crippen molar-refractivity contribution in [3.8, 4) is 5.75 Å². The Hall–Kier alpha value is -3.21. The molecule has 1 aromatic rings. The number of amidine groups is 1. The fourth-order valence-electron chi connectivity index (χ4n) is 2.74. The molecule has 0 saturated carbocycles. The zero-order valence-corrected chi connectivity index (χ0v) is 18.8. The fraction of sp³-hybridized carbons (Fsp3) is 0.455. The van der Waals surface area contributed by atoms with Crippen LogP contribution in [0, 0.1) is 11.3 Å². The Balaban J connectivity index is 0.00000497. The third kappa shape index (κ3) is 14.5. The first-order valence-electron chi connectivity index (χ1n) is 10.2. The molecule has 0 aliphatic rings. The number of ether oxygens (including phenoxy) is 2. The van der Waals surface area contributed by atoms with E-state index in [0.717, 1.165) is 18.6 Å². The molecule has 0 spiro atoms. The summed E-state index contributed by atoms with van der Waals surface area (Å²) >= 11 is 0. The molecular formula is C22H31F3N4O4. The summed E-state index contributed by atoms with van der Waals surface area (Å²) in [7, 11) is 1.76. The molecule has 0 aromatic heterocycles. The average molecular weight is 473 g/mol. The highest BCUT2D eigenvalue weighted by Gasteiger charge is 2.31. The summed E-state index contributed by atoms with van der Waals surface area (Å²) in [6, 6.07) is 5.12. The minimum absolute atomic E-state index is 0.00939. The fourth-order valence-corrected chi connectivity index (χ4v) is 2.74. The second-order valence-electron chi connectivity index (χ2n) is 6.64. The average Bonchev–Trinajstić information content (AvgIpc) is 2.73. The van der Waals surface area contributed by atoms with Crippen LogP contribution in [0.15, 0.2) is 41.4 Å². The van der Waals surface area contributed by atoms with Gasteiger partial charge in [0, 0.05) is 6.54 Å². The number of hydrogen-bond donors (Lipinski definition) is 3. The quantitative estimate of drug-likeness (QED) is 0.185. The predicted molar refractivity (Wildman–Crippen MR) is 120 cm³/mol. The van der Waals surface area contributed by atoms with Gasteiger partial charge in [-0.1, -0.05) is 18.2 Å². The van der Waals surface area contributed by atoms with Crippen molar-refractivity contribution >= 4 is 24.4 Å². The topological polar surface area (TPSA) is 127 Å². The van der Waals surface area contributed by atoms with Gasteiger partial charge in [0.25, 0.3) is 5.91 Å². The highest BCUT2D eigenvalue weighted by Crippen LogP contribution is 2.23. The Morgan fingerprint density at radius 2 is 2.03 bits per heavy atom. The molecule has 0 bridgehead atoms. The minimum Gasteiger partial charge on any atom is -0.466 e. The maximum absolute atomic E-state index is 12.3. The molecule has 33 heavy (non-hydrogen) atoms. The van der Waals surface area contributed by atoms with E-state index in [1.807, 2.05) is 0 Å². The summed E-state index contributed by atoms with van der Waals surface area (Å²) in [6.07, 6.45) is 0.185. The van der Waals surface area contributed by atoms with E-state index in [9.17, 15) is 22.8 Å². The second kappa shape index (κ2) is 16.4. The lowest BCUT2D eigenvalue weighted by Gasteiger charge is -2.14. The first-order valence-corrected chi connectivity index (χ1v) is 10.2. The van der Waals surface area contributed by atoms with Crippen molar-refractivity contribution in [1.29, 1.82) is 5.41 Å². The maximum atomic E-state index is 12.3. The predicted octanol–water partition coefficient (Wildman–Crippen LogP) is 3.40. The number of carbonyl (C=O) groups excluding carboxylic acids is 2. The SMILES string of the molecule is C=N.CCOC(=O)C(CCC/C=C\C(N)=NC(=O)Cc1cccc(OC(F)(F)F)c1)CNC. The molecule has 8 nitrogen and oxygen atoms in total. The largest absolute Gasteiger partial charge is 0.573 e. The molecule has 0 fully saturated rings. The van der Waals surface area contributed by atoms with Crippen LogP contribution in [0.1, 0.15) is 31.7 Å². The number of aliphatic imine (C=N–C) groups is 1. The molecule has 0 heterocycles. The number of nitrogens with two attached hydrogens (primary N) is 1. The van der Waals surface area contributed by atoms with E-state index in [4.69, 9.17) is 15.9 Å². The summed E-state index contributed by atoms with van der Waals surface area (Å²) in [4.78, 5) is 27.5. The number of carbonyl (C=O) groups is 2. The van der Waals surface area contributed by atoms with Crippen LogP contribution in [-0.2, 0) is 20.7 Å². The van der Waals surface area contributed by atoms with Crippen molar-refractivity contribution in [1.82, 2.24) is 5.32 Å². The van der Waals surface area contributed by atoms with Gasteiger partial charge >= 0.3 is 12.3 Å². The molecule has 184 valence electrons. The number of benzene rings is 1. The Kier molecular flexibility index (Phi) is 14.8. The molecule has 0 aliphatic carbocycles. The lowest BCUT2D eigenvalue weighted by atomic mass is 10.0. The van der Waals surface area contributed by atoms with Crippen molar-refractivity contribution in [2.45, 2.75) is 39.0 Å². The third-order valence-electron chi connectivity index (χ3n) is 4.02. The van der Waals surface area contributed by atoms with Gasteiger partial charge in [-0.15, -0.1) is 13.2 Å². The smallest absolute Gasteiger partial charge is 0.466 e. The molecule has 0 radical (unpaired) electrons. The zero-order valence-electron chi connectivity index (χ0n) is 18.8. The first-order chi connectivity index (χ1) is 15.6. The molecule has 1 aromatic carbocycles. The Morgan fingerprint density at radius 1 is 1.33 bits per heavy atom. The highest BCUT2D eigenvalue weighted by molar-refractivity contribution is 6.00. The lowest BCUT2D eigenvalue weighted by Crippen LogP contribution is -2.27. The van der Waals surface area contributed by atoms with Crippen molar-refractivity contribution < 1.29 is 32.2 Å². The molecule has 1 rings (SSSR count). The van der Waals surface area contributed by atoms with E-state index in [1.54, 1.807) is 20.0 Å². The number of hydrogen-bond acceptors (Lipinski definition) is 6. The number of amides is 1. The van der Waals surface area contributed by atoms with Gasteiger partial charge in [-0.05, 0) is 63.7 Å². The van der Waals surface area contributed by atoms with E-state index in [1.165, 1.54) is 18.2 Å². The summed E-state index contributed by atoms with van der Waals surface area (Å²) in [5, 5.41) is 8.46. The normalized spacial score (nSPS) is 12.6. The summed E-state index contributed by atoms with van der Waals surface area (Å²) < 4.78 is 45.7. The van der Waals surface area contributed by atoms with Gasteiger partial charge in [0.15, 0.2) is 0 Å². The number of allylic oxidation sites excluding steroid dienone is 1. The summed E-state index contributed by atoms with van der Waals surface area (Å²) in [5.41, 5.74) is 6.02. The number of nitrogens with zero attached hydrogens (tertiary/aromatic N) is 1. The van der Waals surface area contributed by atoms with Gasteiger partial charge in [-0.2, -0.15) is 4.99 Å². The summed E-state index contributed by atoms with van der Waals surface area (Å²) in [6.45, 7) is 5.11. The Bertz CT molecular complexity index is 798. The third-order valence-corrected chi connectivity index (χ3v) is 4.02. The first kappa shape index (κ1) is 29.8. The zero-order chi connectivity index (χ0) is 25.3. The Labute approximate surface area is 191 Å². The van der Waals surface area contributed by atoms with Crippen molar-refractivity contribution in [3.63, 3.8) is 0 Å². The van der Waals surface area contributed by atoms with Gasteiger partial charge in [0.1, 0.15) is 11.6 Å². The molecular weight excluding hydrogens is 441 g/mol. The molecule has 11 heteroatoms. The van der Waals surface area contributed by atoms with Crippen LogP contribution in [0.5, 0.6) is 5.75 Å². The molecule has 4 N–H and O–H groups in total. The van der Waals surface area contributed by atoms with E-state index in [0.29, 0.717) is 31.6 Å². The van der Waals surface area contributed by atoms with Crippen LogP contribution in [0.3, 0.4) is 0 Å². The number of esters is 1. The van der Waals surface area contributed by atoms with Crippen molar-refractivity contribution in [2.75, 3.05) is 20.2 Å². The van der Waals surface area contributed by atoms with Crippen LogP contribution in [0.4, 0.5) is 13.2 Å². The minimum atomic E-state index is -4.81. The van der Waals surface area contributed by atoms with Crippen LogP contribution in [0.2, 0.25) is 0 Å². The number of alkyl halides is 3. The van der Waals surface area contributed by atoms with E-state index < -0.39 is 18.0 Å². The van der Waals surface area contributed by atoms with Gasteiger partial charge < -0.3 is 25.9 Å². The van der Waals surface area contributed by atoms with Crippen LogP contribution >= 0.6 is 0 Å². The van der Waals surface area contributed by atoms with Gasteiger partial charge in [-0.3, -0.25) is 9.59 Å². The number of rotatable bonds is 12. The van der Waals surface area contributed by atoms with Gasteiger partial charge in [-0.25, -0.2) is 0 Å². The van der Waals surface area contributed by atoms with Gasteiger partial charge in [0.05, 0.1) is 18.9 Å². The monoisotopic (exact) mass is 472 g/mol. The molecule has 1 unspecified atom stereocenters. The second-order valence-corrected chi connectivity index (χ2v) is 6.64. The summed E-state index contributed by atoms with van der Waals surface area (Å²) in [5.74, 6) is -1.48. The molecule has 1 atom stereocenters. The Morgan fingerprint density at radius 3 is 2.64 bits per heavy atom. The molecule has 0 aliphatic heterocycles. The van der Waals surface area contributed by atoms with Crippen molar-refractivity contribution in [2.24, 2.45) is 16.6 Å². The van der Waals surface area contributed by atoms with E-state index in [2.05, 4.69) is 21.8 Å². The van der Waals surface area contributed by atoms with Crippen LogP contribution in [-0.4, -0.2) is 51.0 Å². The van der Waals surface area contributed by atoms with E-state index >= 15 is 0 Å². The maximum Gasteiger partial charge on any atom is 0.573 e. The molecule has 0 saturated heterocycles. The van der Waals surface area contributed by atoms with E-state index in [-0.39, 0.29) is 24.1 Å². The number of halogens is 3.